The Bertz CT molecular complexity index is 725. The van der Waals surface area contributed by atoms with Gasteiger partial charge >= 0.3 is 0 Å². The standard InChI is InChI=1S/C13H12ClN3O3/c1-17-10(7-18)6-11(19)12(20)13(17)16-15-9-4-2-3-8(14)5-9/h2-6,18,20H,7H2,1H3. The summed E-state index contributed by atoms with van der Waals surface area (Å²) in [6.45, 7) is -0.342. The molecule has 104 valence electrons. The highest BCUT2D eigenvalue weighted by atomic mass is 35.5. The summed E-state index contributed by atoms with van der Waals surface area (Å²) in [5.41, 5.74) is 0.193. The highest BCUT2D eigenvalue weighted by Gasteiger charge is 2.11. The molecule has 1 aromatic carbocycles. The van der Waals surface area contributed by atoms with Gasteiger partial charge in [-0.25, -0.2) is 0 Å². The SMILES string of the molecule is Cn1c(CO)cc(=O)c(O)c1N=Nc1cccc(Cl)c1. The molecular weight excluding hydrogens is 282 g/mol. The van der Waals surface area contributed by atoms with Crippen molar-refractivity contribution in [3.8, 4) is 5.75 Å². The molecule has 0 radical (unpaired) electrons. The summed E-state index contributed by atoms with van der Waals surface area (Å²) in [6, 6.07) is 7.82. The first-order valence-electron chi connectivity index (χ1n) is 5.73. The van der Waals surface area contributed by atoms with Gasteiger partial charge in [0, 0.05) is 23.8 Å². The molecular formula is C13H12ClN3O3. The molecule has 2 rings (SSSR count). The lowest BCUT2D eigenvalue weighted by Crippen LogP contribution is -2.10. The summed E-state index contributed by atoms with van der Waals surface area (Å²) < 4.78 is 1.39. The van der Waals surface area contributed by atoms with Crippen molar-refractivity contribution in [2.24, 2.45) is 17.3 Å². The highest BCUT2D eigenvalue weighted by Crippen LogP contribution is 2.26. The molecule has 0 aliphatic carbocycles. The third kappa shape index (κ3) is 2.87. The number of hydrogen-bond donors (Lipinski definition) is 2. The lowest BCUT2D eigenvalue weighted by Gasteiger charge is -2.09. The van der Waals surface area contributed by atoms with Gasteiger partial charge in [0.1, 0.15) is 0 Å². The summed E-state index contributed by atoms with van der Waals surface area (Å²) in [5, 5.41) is 27.2. The minimum Gasteiger partial charge on any atom is -0.502 e. The number of azo groups is 1. The van der Waals surface area contributed by atoms with Crippen molar-refractivity contribution in [1.29, 1.82) is 0 Å². The molecule has 0 fully saturated rings. The topological polar surface area (TPSA) is 87.2 Å². The van der Waals surface area contributed by atoms with E-state index in [1.165, 1.54) is 4.57 Å². The number of aromatic nitrogens is 1. The number of aliphatic hydroxyl groups is 1. The maximum atomic E-state index is 11.5. The van der Waals surface area contributed by atoms with E-state index in [1.54, 1.807) is 31.3 Å². The maximum Gasteiger partial charge on any atom is 0.225 e. The molecule has 2 N–H and O–H groups in total. The minimum atomic E-state index is -0.618. The van der Waals surface area contributed by atoms with Crippen molar-refractivity contribution < 1.29 is 10.2 Å². The molecule has 0 atom stereocenters. The number of nitrogens with zero attached hydrogens (tertiary/aromatic N) is 3. The second kappa shape index (κ2) is 5.85. The average Bonchev–Trinajstić information content (AvgIpc) is 2.43. The van der Waals surface area contributed by atoms with E-state index in [1.807, 2.05) is 0 Å². The Balaban J connectivity index is 2.48. The summed E-state index contributed by atoms with van der Waals surface area (Å²) in [5.74, 6) is -0.544. The minimum absolute atomic E-state index is 0.0264. The van der Waals surface area contributed by atoms with Crippen molar-refractivity contribution in [1.82, 2.24) is 4.57 Å². The van der Waals surface area contributed by atoms with E-state index in [2.05, 4.69) is 10.2 Å². The van der Waals surface area contributed by atoms with E-state index in [4.69, 9.17) is 16.7 Å². The largest absolute Gasteiger partial charge is 0.502 e. The Hall–Kier alpha value is -2.18. The van der Waals surface area contributed by atoms with Crippen LogP contribution in [0.5, 0.6) is 5.75 Å². The molecule has 7 heteroatoms. The lowest BCUT2D eigenvalue weighted by atomic mass is 10.3. The molecule has 6 nitrogen and oxygen atoms in total. The molecule has 2 aromatic rings. The van der Waals surface area contributed by atoms with E-state index < -0.39 is 11.2 Å². The number of aliphatic hydroxyl groups excluding tert-OH is 1. The number of rotatable bonds is 3. The summed E-state index contributed by atoms with van der Waals surface area (Å²) >= 11 is 5.82. The van der Waals surface area contributed by atoms with Crippen LogP contribution in [0.25, 0.3) is 0 Å². The number of pyridine rings is 1. The fourth-order valence-corrected chi connectivity index (χ4v) is 1.82. The van der Waals surface area contributed by atoms with Gasteiger partial charge in [-0.05, 0) is 18.2 Å². The van der Waals surface area contributed by atoms with Crippen LogP contribution in [0, 0.1) is 0 Å². The lowest BCUT2D eigenvalue weighted by molar-refractivity contribution is 0.271. The maximum absolute atomic E-state index is 11.5. The number of benzene rings is 1. The third-order valence-corrected chi connectivity index (χ3v) is 2.96. The van der Waals surface area contributed by atoms with Gasteiger partial charge in [-0.15, -0.1) is 10.2 Å². The van der Waals surface area contributed by atoms with E-state index in [0.29, 0.717) is 16.4 Å². The fraction of sp³-hybridized carbons (Fsp3) is 0.154. The zero-order valence-electron chi connectivity index (χ0n) is 10.6. The van der Waals surface area contributed by atoms with Gasteiger partial charge in [0.2, 0.25) is 17.0 Å². The van der Waals surface area contributed by atoms with Crippen molar-refractivity contribution in [3.05, 3.63) is 51.3 Å². The van der Waals surface area contributed by atoms with Crippen LogP contribution < -0.4 is 5.43 Å². The molecule has 0 spiro atoms. The van der Waals surface area contributed by atoms with Gasteiger partial charge in [0.25, 0.3) is 0 Å². The van der Waals surface area contributed by atoms with Crippen LogP contribution in [0.3, 0.4) is 0 Å². The molecule has 1 aromatic heterocycles. The smallest absolute Gasteiger partial charge is 0.225 e. The fourth-order valence-electron chi connectivity index (χ4n) is 1.63. The van der Waals surface area contributed by atoms with Crippen LogP contribution in [-0.2, 0) is 13.7 Å². The number of hydrogen-bond acceptors (Lipinski definition) is 5. The molecule has 0 aliphatic heterocycles. The van der Waals surface area contributed by atoms with E-state index in [9.17, 15) is 9.90 Å². The van der Waals surface area contributed by atoms with Crippen molar-refractivity contribution in [3.63, 3.8) is 0 Å². The van der Waals surface area contributed by atoms with Gasteiger partial charge in [0.05, 0.1) is 12.3 Å². The molecule has 1 heterocycles. The van der Waals surface area contributed by atoms with Crippen LogP contribution in [0.2, 0.25) is 5.02 Å². The zero-order valence-corrected chi connectivity index (χ0v) is 11.4. The second-order valence-corrected chi connectivity index (χ2v) is 4.51. The summed E-state index contributed by atoms with van der Waals surface area (Å²) in [4.78, 5) is 11.5. The van der Waals surface area contributed by atoms with Crippen LogP contribution in [0.1, 0.15) is 5.69 Å². The summed E-state index contributed by atoms with van der Waals surface area (Å²) in [6.07, 6.45) is 0. The highest BCUT2D eigenvalue weighted by molar-refractivity contribution is 6.30. The quantitative estimate of drug-likeness (QED) is 0.853. The van der Waals surface area contributed by atoms with Crippen LogP contribution in [0.4, 0.5) is 11.5 Å². The normalized spacial score (nSPS) is 11.2. The van der Waals surface area contributed by atoms with Gasteiger partial charge in [-0.2, -0.15) is 0 Å². The Morgan fingerprint density at radius 3 is 2.70 bits per heavy atom. The molecule has 0 aliphatic rings. The second-order valence-electron chi connectivity index (χ2n) is 4.07. The van der Waals surface area contributed by atoms with Gasteiger partial charge < -0.3 is 14.8 Å². The van der Waals surface area contributed by atoms with Gasteiger partial charge in [-0.3, -0.25) is 4.79 Å². The van der Waals surface area contributed by atoms with E-state index >= 15 is 0 Å². The zero-order chi connectivity index (χ0) is 14.7. The van der Waals surface area contributed by atoms with Crippen LogP contribution in [0.15, 0.2) is 45.4 Å². The Labute approximate surface area is 119 Å². The molecule has 0 bridgehead atoms. The predicted molar refractivity (Wildman–Crippen MR) is 74.9 cm³/mol. The number of aromatic hydroxyl groups is 1. The average molecular weight is 294 g/mol. The van der Waals surface area contributed by atoms with Gasteiger partial charge in [0.15, 0.2) is 0 Å². The van der Waals surface area contributed by atoms with Crippen molar-refractivity contribution >= 4 is 23.1 Å². The Kier molecular flexibility index (Phi) is 4.16. The monoisotopic (exact) mass is 293 g/mol. The van der Waals surface area contributed by atoms with Crippen LogP contribution in [-0.4, -0.2) is 14.8 Å². The van der Waals surface area contributed by atoms with Crippen molar-refractivity contribution in [2.45, 2.75) is 6.61 Å². The Morgan fingerprint density at radius 2 is 2.05 bits per heavy atom. The van der Waals surface area contributed by atoms with E-state index in [-0.39, 0.29) is 12.4 Å². The first kappa shape index (κ1) is 14.2. The Morgan fingerprint density at radius 1 is 1.30 bits per heavy atom. The molecule has 20 heavy (non-hydrogen) atoms. The first-order valence-corrected chi connectivity index (χ1v) is 6.10. The number of halogens is 1. The summed E-state index contributed by atoms with van der Waals surface area (Å²) in [7, 11) is 1.57. The molecule has 0 saturated heterocycles. The van der Waals surface area contributed by atoms with Crippen molar-refractivity contribution in [2.75, 3.05) is 0 Å². The molecule has 0 amide bonds. The van der Waals surface area contributed by atoms with Crippen LogP contribution >= 0.6 is 11.6 Å². The first-order chi connectivity index (χ1) is 9.52. The third-order valence-electron chi connectivity index (χ3n) is 2.72. The van der Waals surface area contributed by atoms with E-state index in [0.717, 1.165) is 6.07 Å². The molecule has 0 saturated carbocycles. The molecule has 0 unspecified atom stereocenters. The predicted octanol–water partition coefficient (Wildman–Crippen LogP) is 2.65. The van der Waals surface area contributed by atoms with Gasteiger partial charge in [-0.1, -0.05) is 17.7 Å².